The molecule has 0 radical (unpaired) electrons. The maximum Gasteiger partial charge on any atom is 0.169 e. The minimum absolute atomic E-state index is 0.123. The number of thiophene rings is 6. The lowest BCUT2D eigenvalue weighted by Crippen LogP contribution is -1.83. The minimum Gasteiger partial charge on any atom is -0.294 e. The second kappa shape index (κ2) is 11.5. The van der Waals surface area contributed by atoms with E-state index < -0.39 is 0 Å². The molecule has 0 aliphatic carbocycles. The molecule has 0 fully saturated rings. The van der Waals surface area contributed by atoms with Crippen LogP contribution < -0.4 is 0 Å². The van der Waals surface area contributed by atoms with Crippen LogP contribution in [-0.4, -0.2) is 5.78 Å². The molecule has 0 aliphatic heterocycles. The predicted molar refractivity (Wildman–Crippen MR) is 213 cm³/mol. The summed E-state index contributed by atoms with van der Waals surface area (Å²) in [6, 6.07) is 37.5. The summed E-state index contributed by atoms with van der Waals surface area (Å²) in [6.07, 6.45) is 0. The quantitative estimate of drug-likeness (QED) is 0.157. The van der Waals surface area contributed by atoms with E-state index >= 15 is 0 Å². The number of benzene rings is 3. The fourth-order valence-corrected chi connectivity index (χ4v) is 13.5. The van der Waals surface area contributed by atoms with Gasteiger partial charge in [0.05, 0.1) is 14.5 Å². The summed E-state index contributed by atoms with van der Waals surface area (Å²) in [5.41, 5.74) is 5.13. The maximum atomic E-state index is 12.6. The van der Waals surface area contributed by atoms with Gasteiger partial charge in [0.15, 0.2) is 5.78 Å². The lowest BCUT2D eigenvalue weighted by atomic mass is 9.99. The Morgan fingerprint density at radius 1 is 0.468 bits per heavy atom. The molecule has 0 N–H and O–H groups in total. The average Bonchev–Trinajstić information content (AvgIpc) is 3.92. The maximum absolute atomic E-state index is 12.6. The van der Waals surface area contributed by atoms with Gasteiger partial charge in [-0.25, -0.2) is 0 Å². The summed E-state index contributed by atoms with van der Waals surface area (Å²) >= 11 is 11.1. The first-order chi connectivity index (χ1) is 22.9. The molecule has 0 saturated heterocycles. The molecule has 0 saturated carbocycles. The van der Waals surface area contributed by atoms with Gasteiger partial charge in [0.25, 0.3) is 0 Å². The van der Waals surface area contributed by atoms with Crippen LogP contribution in [0.4, 0.5) is 0 Å². The van der Waals surface area contributed by atoms with E-state index in [9.17, 15) is 4.79 Å². The van der Waals surface area contributed by atoms with Gasteiger partial charge in [-0.15, -0.1) is 68.0 Å². The zero-order valence-corrected chi connectivity index (χ0v) is 30.6. The summed E-state index contributed by atoms with van der Waals surface area (Å²) in [6.45, 7) is 6.08. The van der Waals surface area contributed by atoms with Gasteiger partial charge in [-0.05, 0) is 74.4 Å². The van der Waals surface area contributed by atoms with Crippen LogP contribution >= 0.6 is 68.0 Å². The van der Waals surface area contributed by atoms with Crippen LogP contribution in [0.2, 0.25) is 0 Å². The fraction of sp³-hybridized carbons (Fsp3) is 0.0750. The SMILES string of the molecule is CC(=O)c1cc2c(-c3ccccc3)sc(-c3cc4c(-c5ccc(C)s5)c5sc(-c6ccccc6)cc5c(-c5ccc(C)s5)c4s3)c2s1. The normalized spacial score (nSPS) is 11.8. The molecule has 7 heteroatoms. The highest BCUT2D eigenvalue weighted by molar-refractivity contribution is 7.33. The topological polar surface area (TPSA) is 17.1 Å². The molecule has 0 aliphatic rings. The zero-order valence-electron chi connectivity index (χ0n) is 25.7. The van der Waals surface area contributed by atoms with Crippen molar-refractivity contribution in [2.24, 2.45) is 0 Å². The first kappa shape index (κ1) is 29.4. The molecule has 0 spiro atoms. The zero-order chi connectivity index (χ0) is 31.8. The Morgan fingerprint density at radius 2 is 1.02 bits per heavy atom. The van der Waals surface area contributed by atoms with Crippen LogP contribution in [0.15, 0.2) is 103 Å². The second-order valence-corrected chi connectivity index (χ2v) is 18.4. The Hall–Kier alpha value is -3.69. The van der Waals surface area contributed by atoms with Crippen molar-refractivity contribution in [3.05, 3.63) is 118 Å². The largest absolute Gasteiger partial charge is 0.294 e. The number of fused-ring (bicyclic) bond motifs is 3. The van der Waals surface area contributed by atoms with E-state index in [-0.39, 0.29) is 5.78 Å². The van der Waals surface area contributed by atoms with Gasteiger partial charge in [-0.1, -0.05) is 60.7 Å². The van der Waals surface area contributed by atoms with Gasteiger partial charge in [0.2, 0.25) is 0 Å². The van der Waals surface area contributed by atoms with Gasteiger partial charge in [-0.3, -0.25) is 4.79 Å². The Morgan fingerprint density at radius 3 is 1.57 bits per heavy atom. The van der Waals surface area contributed by atoms with E-state index in [0.717, 1.165) is 4.88 Å². The molecule has 3 aromatic carbocycles. The number of carbonyl (C=O) groups is 1. The van der Waals surface area contributed by atoms with Gasteiger partial charge in [-0.2, -0.15) is 0 Å². The highest BCUT2D eigenvalue weighted by Crippen LogP contribution is 2.56. The average molecular weight is 715 g/mol. The summed E-state index contributed by atoms with van der Waals surface area (Å²) in [5.74, 6) is 0.123. The lowest BCUT2D eigenvalue weighted by molar-refractivity contribution is 0.102. The minimum atomic E-state index is 0.123. The standard InChI is InChI=1S/C40H26OS6/c1-21-14-16-29(42-21)34-26-18-32(24-10-6-4-7-11-24)45-37(26)35(30-17-15-22(2)43-30)27-19-33(46-38(27)34)40-39-28(20-31(44-39)23(3)41)36(47-40)25-12-8-5-9-13-25/h4-20H,1-3H3. The molecule has 0 atom stereocenters. The van der Waals surface area contributed by atoms with Crippen LogP contribution in [-0.2, 0) is 0 Å². The van der Waals surface area contributed by atoms with Gasteiger partial charge < -0.3 is 0 Å². The summed E-state index contributed by atoms with van der Waals surface area (Å²) in [4.78, 5) is 23.7. The first-order valence-corrected chi connectivity index (χ1v) is 20.2. The molecular formula is C40H26OS6. The van der Waals surface area contributed by atoms with E-state index in [1.165, 1.54) is 91.5 Å². The third-order valence-electron chi connectivity index (χ3n) is 8.48. The van der Waals surface area contributed by atoms with Gasteiger partial charge >= 0.3 is 0 Å². The summed E-state index contributed by atoms with van der Waals surface area (Å²) in [7, 11) is 0. The van der Waals surface area contributed by atoms with Crippen LogP contribution in [0.5, 0.6) is 0 Å². The Bertz CT molecular complexity index is 2520. The number of Topliss-reactive ketones (excluding diaryl/α,β-unsaturated/α-hetero) is 1. The van der Waals surface area contributed by atoms with E-state index in [2.05, 4.69) is 117 Å². The fourth-order valence-electron chi connectivity index (χ4n) is 6.32. The molecule has 1 nitrogen and oxygen atoms in total. The van der Waals surface area contributed by atoms with Gasteiger partial charge in [0, 0.05) is 70.8 Å². The van der Waals surface area contributed by atoms with Gasteiger partial charge in [0.1, 0.15) is 0 Å². The van der Waals surface area contributed by atoms with Crippen molar-refractivity contribution in [3.8, 4) is 51.5 Å². The van der Waals surface area contributed by atoms with Crippen LogP contribution in [0.1, 0.15) is 26.3 Å². The van der Waals surface area contributed by atoms with E-state index in [1.54, 1.807) is 18.3 Å². The highest BCUT2D eigenvalue weighted by atomic mass is 32.1. The molecule has 6 heterocycles. The molecule has 47 heavy (non-hydrogen) atoms. The van der Waals surface area contributed by atoms with Crippen molar-refractivity contribution in [1.82, 2.24) is 0 Å². The monoisotopic (exact) mass is 714 g/mol. The van der Waals surface area contributed by atoms with Crippen molar-refractivity contribution >= 4 is 104 Å². The van der Waals surface area contributed by atoms with Crippen molar-refractivity contribution < 1.29 is 4.79 Å². The lowest BCUT2D eigenvalue weighted by Gasteiger charge is -2.09. The smallest absolute Gasteiger partial charge is 0.169 e. The molecule has 0 amide bonds. The third kappa shape index (κ3) is 4.91. The number of hydrogen-bond acceptors (Lipinski definition) is 7. The number of aryl methyl sites for hydroxylation is 2. The second-order valence-electron chi connectivity index (χ2n) is 11.7. The van der Waals surface area contributed by atoms with Crippen molar-refractivity contribution in [3.63, 3.8) is 0 Å². The number of ketones is 1. The summed E-state index contributed by atoms with van der Waals surface area (Å²) in [5, 5.41) is 3.82. The Balaban J connectivity index is 1.39. The highest BCUT2D eigenvalue weighted by Gasteiger charge is 2.26. The molecule has 0 bridgehead atoms. The van der Waals surface area contributed by atoms with Crippen molar-refractivity contribution in [1.29, 1.82) is 0 Å². The van der Waals surface area contributed by atoms with E-state index in [4.69, 9.17) is 0 Å². The Labute approximate surface area is 296 Å². The molecule has 6 aromatic heterocycles. The predicted octanol–water partition coefficient (Wildman–Crippen LogP) is 14.7. The van der Waals surface area contributed by atoms with Crippen LogP contribution in [0, 0.1) is 13.8 Å². The summed E-state index contributed by atoms with van der Waals surface area (Å²) < 4.78 is 3.89. The van der Waals surface area contributed by atoms with Crippen molar-refractivity contribution in [2.45, 2.75) is 20.8 Å². The third-order valence-corrected chi connectivity index (χ3v) is 15.7. The number of hydrogen-bond donors (Lipinski definition) is 0. The number of rotatable bonds is 6. The van der Waals surface area contributed by atoms with Crippen molar-refractivity contribution in [2.75, 3.05) is 0 Å². The molecule has 9 rings (SSSR count). The van der Waals surface area contributed by atoms with Crippen LogP contribution in [0.25, 0.3) is 81.8 Å². The van der Waals surface area contributed by atoms with E-state index in [1.807, 2.05) is 56.7 Å². The first-order valence-electron chi connectivity index (χ1n) is 15.3. The molecule has 0 unspecified atom stereocenters. The molecular weight excluding hydrogens is 689 g/mol. The Kier molecular flexibility index (Phi) is 7.19. The molecule has 228 valence electrons. The number of carbonyl (C=O) groups excluding carboxylic acids is 1. The van der Waals surface area contributed by atoms with Crippen LogP contribution in [0.3, 0.4) is 0 Å². The van der Waals surface area contributed by atoms with E-state index in [0.29, 0.717) is 0 Å². The molecule has 9 aromatic rings.